The molecule has 0 N–H and O–H groups in total. The molecule has 64 valence electrons. The number of aldehydes is 1. The van der Waals surface area contributed by atoms with Crippen LogP contribution in [0.1, 0.15) is 41.0 Å². The van der Waals surface area contributed by atoms with E-state index in [1.807, 2.05) is 0 Å². The average molecular weight is 182 g/mol. The lowest BCUT2D eigenvalue weighted by atomic mass is 9.71. The molecule has 0 aromatic carbocycles. The molecule has 0 unspecified atom stereocenters. The lowest BCUT2D eigenvalue weighted by molar-refractivity contribution is 0.112. The van der Waals surface area contributed by atoms with Gasteiger partial charge in [-0.05, 0) is 12.8 Å². The van der Waals surface area contributed by atoms with E-state index in [9.17, 15) is 4.79 Å². The summed E-state index contributed by atoms with van der Waals surface area (Å²) in [6, 6.07) is 0. The molecule has 3 nitrogen and oxygen atoms in total. The molecule has 1 aliphatic carbocycles. The smallest absolute Gasteiger partial charge is 0.180 e. The van der Waals surface area contributed by atoms with Gasteiger partial charge >= 0.3 is 0 Å². The Labute approximate surface area is 74.8 Å². The molecule has 12 heavy (non-hydrogen) atoms. The van der Waals surface area contributed by atoms with Gasteiger partial charge in [-0.1, -0.05) is 24.7 Å². The first-order valence-corrected chi connectivity index (χ1v) is 4.85. The van der Waals surface area contributed by atoms with Crippen LogP contribution in [0.2, 0.25) is 0 Å². The SMILES string of the molecule is CC1(c2nnc(C=O)s2)CCC1. The molecule has 0 bridgehead atoms. The molecule has 0 aliphatic heterocycles. The Bertz CT molecular complexity index is 304. The van der Waals surface area contributed by atoms with Gasteiger partial charge in [-0.15, -0.1) is 10.2 Å². The van der Waals surface area contributed by atoms with Crippen LogP contribution in [0, 0.1) is 0 Å². The van der Waals surface area contributed by atoms with Gasteiger partial charge in [0.2, 0.25) is 0 Å². The molecule has 1 aromatic rings. The third-order valence-corrected chi connectivity index (χ3v) is 3.67. The maximum Gasteiger partial charge on any atom is 0.180 e. The Morgan fingerprint density at radius 3 is 2.67 bits per heavy atom. The summed E-state index contributed by atoms with van der Waals surface area (Å²) in [4.78, 5) is 10.4. The zero-order valence-electron chi connectivity index (χ0n) is 6.91. The first-order chi connectivity index (χ1) is 5.74. The minimum absolute atomic E-state index is 0.221. The Kier molecular flexibility index (Phi) is 1.72. The molecule has 2 rings (SSSR count). The van der Waals surface area contributed by atoms with E-state index in [4.69, 9.17) is 0 Å². The molecule has 4 heteroatoms. The van der Waals surface area contributed by atoms with Crippen LogP contribution < -0.4 is 0 Å². The van der Waals surface area contributed by atoms with Crippen molar-refractivity contribution in [1.82, 2.24) is 10.2 Å². The van der Waals surface area contributed by atoms with Crippen LogP contribution in [0.5, 0.6) is 0 Å². The van der Waals surface area contributed by atoms with Crippen molar-refractivity contribution in [1.29, 1.82) is 0 Å². The van der Waals surface area contributed by atoms with Crippen LogP contribution in [0.15, 0.2) is 0 Å². The predicted octanol–water partition coefficient (Wildman–Crippen LogP) is 1.79. The molecule has 0 radical (unpaired) electrons. The average Bonchev–Trinajstić information content (AvgIpc) is 2.48. The quantitative estimate of drug-likeness (QED) is 0.655. The summed E-state index contributed by atoms with van der Waals surface area (Å²) in [5.74, 6) is 0. The lowest BCUT2D eigenvalue weighted by Crippen LogP contribution is -2.30. The van der Waals surface area contributed by atoms with Gasteiger partial charge in [0.05, 0.1) is 0 Å². The number of hydrogen-bond donors (Lipinski definition) is 0. The van der Waals surface area contributed by atoms with Gasteiger partial charge in [0.1, 0.15) is 5.01 Å². The maximum absolute atomic E-state index is 10.4. The second-order valence-electron chi connectivity index (χ2n) is 3.48. The Hall–Kier alpha value is -0.770. The summed E-state index contributed by atoms with van der Waals surface area (Å²) in [6.45, 7) is 2.19. The second-order valence-corrected chi connectivity index (χ2v) is 4.49. The van der Waals surface area contributed by atoms with Crippen molar-refractivity contribution in [3.63, 3.8) is 0 Å². The third-order valence-electron chi connectivity index (χ3n) is 2.51. The van der Waals surface area contributed by atoms with E-state index < -0.39 is 0 Å². The highest BCUT2D eigenvalue weighted by Gasteiger charge is 2.36. The number of nitrogens with zero attached hydrogens (tertiary/aromatic N) is 2. The summed E-state index contributed by atoms with van der Waals surface area (Å²) in [7, 11) is 0. The van der Waals surface area contributed by atoms with Gasteiger partial charge in [-0.25, -0.2) is 0 Å². The minimum atomic E-state index is 0.221. The highest BCUT2D eigenvalue weighted by molar-refractivity contribution is 7.13. The summed E-state index contributed by atoms with van der Waals surface area (Å²) in [6.07, 6.45) is 4.40. The lowest BCUT2D eigenvalue weighted by Gasteiger charge is -2.35. The Morgan fingerprint density at radius 2 is 2.25 bits per heavy atom. The number of rotatable bonds is 2. The standard InChI is InChI=1S/C8H10N2OS/c1-8(3-2-4-8)7-10-9-6(5-11)12-7/h5H,2-4H2,1H3. The largest absolute Gasteiger partial charge is 0.295 e. The number of carbonyl (C=O) groups is 1. The van der Waals surface area contributed by atoms with E-state index in [1.54, 1.807) is 0 Å². The monoisotopic (exact) mass is 182 g/mol. The van der Waals surface area contributed by atoms with Crippen LogP contribution in [0.4, 0.5) is 0 Å². The van der Waals surface area contributed by atoms with Crippen molar-refractivity contribution < 1.29 is 4.79 Å². The molecule has 0 spiro atoms. The highest BCUT2D eigenvalue weighted by Crippen LogP contribution is 2.43. The maximum atomic E-state index is 10.4. The van der Waals surface area contributed by atoms with Gasteiger partial charge in [-0.2, -0.15) is 0 Å². The van der Waals surface area contributed by atoms with E-state index in [0.717, 1.165) is 11.3 Å². The summed E-state index contributed by atoms with van der Waals surface area (Å²) in [5, 5.41) is 9.32. The van der Waals surface area contributed by atoms with E-state index >= 15 is 0 Å². The van der Waals surface area contributed by atoms with Gasteiger partial charge < -0.3 is 0 Å². The fourth-order valence-corrected chi connectivity index (χ4v) is 2.31. The number of aromatic nitrogens is 2. The molecular weight excluding hydrogens is 172 g/mol. The Morgan fingerprint density at radius 1 is 1.50 bits per heavy atom. The van der Waals surface area contributed by atoms with E-state index in [2.05, 4.69) is 17.1 Å². The molecule has 1 fully saturated rings. The first kappa shape index (κ1) is 7.86. The molecule has 0 saturated heterocycles. The van der Waals surface area contributed by atoms with Gasteiger partial charge in [-0.3, -0.25) is 4.79 Å². The summed E-state index contributed by atoms with van der Waals surface area (Å²) >= 11 is 1.43. The molecule has 1 saturated carbocycles. The molecule has 1 aliphatic rings. The summed E-state index contributed by atoms with van der Waals surface area (Å²) in [5.41, 5.74) is 0.221. The van der Waals surface area contributed by atoms with Crippen LogP contribution in [-0.2, 0) is 5.41 Å². The van der Waals surface area contributed by atoms with Gasteiger partial charge in [0.25, 0.3) is 0 Å². The van der Waals surface area contributed by atoms with E-state index in [1.165, 1.54) is 30.6 Å². The fourth-order valence-electron chi connectivity index (χ4n) is 1.45. The van der Waals surface area contributed by atoms with Crippen molar-refractivity contribution in [2.24, 2.45) is 0 Å². The van der Waals surface area contributed by atoms with Crippen LogP contribution >= 0.6 is 11.3 Å². The first-order valence-electron chi connectivity index (χ1n) is 4.04. The van der Waals surface area contributed by atoms with Crippen molar-refractivity contribution in [2.45, 2.75) is 31.6 Å². The van der Waals surface area contributed by atoms with E-state index in [0.29, 0.717) is 5.01 Å². The second kappa shape index (κ2) is 2.62. The van der Waals surface area contributed by atoms with Crippen LogP contribution in [0.3, 0.4) is 0 Å². The molecule has 0 atom stereocenters. The third kappa shape index (κ3) is 1.06. The number of carbonyl (C=O) groups excluding carboxylic acids is 1. The van der Waals surface area contributed by atoms with Crippen molar-refractivity contribution in [3.05, 3.63) is 10.0 Å². The minimum Gasteiger partial charge on any atom is -0.295 e. The van der Waals surface area contributed by atoms with Crippen LogP contribution in [0.25, 0.3) is 0 Å². The summed E-state index contributed by atoms with van der Waals surface area (Å²) < 4.78 is 0. The van der Waals surface area contributed by atoms with E-state index in [-0.39, 0.29) is 5.41 Å². The molecule has 1 heterocycles. The zero-order chi connectivity index (χ0) is 8.60. The fraction of sp³-hybridized carbons (Fsp3) is 0.625. The highest BCUT2D eigenvalue weighted by atomic mass is 32.1. The topological polar surface area (TPSA) is 42.9 Å². The van der Waals surface area contributed by atoms with Gasteiger partial charge in [0.15, 0.2) is 11.3 Å². The predicted molar refractivity (Wildman–Crippen MR) is 46.5 cm³/mol. The van der Waals surface area contributed by atoms with Crippen molar-refractivity contribution in [3.8, 4) is 0 Å². The van der Waals surface area contributed by atoms with Crippen molar-refractivity contribution >= 4 is 17.6 Å². The molecule has 0 amide bonds. The Balaban J connectivity index is 2.27. The normalized spacial score (nSPS) is 20.1. The molecular formula is C8H10N2OS. The molecule has 1 aromatic heterocycles. The van der Waals surface area contributed by atoms with Crippen molar-refractivity contribution in [2.75, 3.05) is 0 Å². The van der Waals surface area contributed by atoms with Gasteiger partial charge in [0, 0.05) is 5.41 Å². The van der Waals surface area contributed by atoms with Crippen LogP contribution in [-0.4, -0.2) is 16.5 Å². The zero-order valence-corrected chi connectivity index (χ0v) is 7.73. The number of hydrogen-bond acceptors (Lipinski definition) is 4.